The molecule has 0 spiro atoms. The van der Waals surface area contributed by atoms with E-state index in [0.717, 1.165) is 22.5 Å². The van der Waals surface area contributed by atoms with Gasteiger partial charge >= 0.3 is 0 Å². The molecule has 2 aromatic rings. The highest BCUT2D eigenvalue weighted by Crippen LogP contribution is 2.16. The van der Waals surface area contributed by atoms with Crippen LogP contribution in [-0.2, 0) is 9.59 Å². The van der Waals surface area contributed by atoms with E-state index in [2.05, 4.69) is 20.8 Å². The topological polar surface area (TPSA) is 83.5 Å². The first-order chi connectivity index (χ1) is 11.9. The molecule has 6 nitrogen and oxygen atoms in total. The summed E-state index contributed by atoms with van der Waals surface area (Å²) in [6, 6.07) is 11.3. The summed E-state index contributed by atoms with van der Waals surface area (Å²) in [5.74, 6) is -0.522. The Balaban J connectivity index is 1.76. The Bertz CT molecular complexity index is 800. The molecule has 25 heavy (non-hydrogen) atoms. The van der Waals surface area contributed by atoms with E-state index in [1.54, 1.807) is 6.07 Å². The number of carbonyl (C=O) groups is 2. The van der Waals surface area contributed by atoms with Gasteiger partial charge in [-0.1, -0.05) is 23.8 Å². The van der Waals surface area contributed by atoms with Crippen LogP contribution in [0.2, 0.25) is 0 Å². The first-order valence-electron chi connectivity index (χ1n) is 8.07. The van der Waals surface area contributed by atoms with Crippen LogP contribution in [0, 0.1) is 20.8 Å². The van der Waals surface area contributed by atoms with Gasteiger partial charge in [0.05, 0.1) is 11.9 Å². The lowest BCUT2D eigenvalue weighted by molar-refractivity contribution is -0.124. The molecule has 0 bridgehead atoms. The van der Waals surface area contributed by atoms with Crippen LogP contribution in [0.15, 0.2) is 41.5 Å². The number of hydrazone groups is 1. The van der Waals surface area contributed by atoms with Gasteiger partial charge in [0.1, 0.15) is 0 Å². The quantitative estimate of drug-likeness (QED) is 0.627. The third-order valence-electron chi connectivity index (χ3n) is 3.53. The maximum absolute atomic E-state index is 11.9. The van der Waals surface area contributed by atoms with Crippen molar-refractivity contribution in [2.75, 3.05) is 5.32 Å². The van der Waals surface area contributed by atoms with Crippen LogP contribution in [0.4, 0.5) is 5.69 Å². The van der Waals surface area contributed by atoms with E-state index in [9.17, 15) is 9.59 Å². The molecule has 0 saturated heterocycles. The number of nitrogens with zero attached hydrogens (tertiary/aromatic N) is 2. The predicted molar refractivity (Wildman–Crippen MR) is 98.5 cm³/mol. The Hall–Kier alpha value is -3.02. The van der Waals surface area contributed by atoms with Gasteiger partial charge in [-0.25, -0.2) is 5.43 Å². The van der Waals surface area contributed by atoms with Gasteiger partial charge in [0.15, 0.2) is 0 Å². The summed E-state index contributed by atoms with van der Waals surface area (Å²) in [6.45, 7) is 5.81. The number of pyridine rings is 1. The highest BCUT2D eigenvalue weighted by molar-refractivity contribution is 5.94. The monoisotopic (exact) mass is 338 g/mol. The zero-order valence-electron chi connectivity index (χ0n) is 14.7. The molecule has 0 atom stereocenters. The highest BCUT2D eigenvalue weighted by Gasteiger charge is 2.08. The van der Waals surface area contributed by atoms with Crippen molar-refractivity contribution in [2.45, 2.75) is 33.6 Å². The molecule has 2 rings (SSSR count). The highest BCUT2D eigenvalue weighted by atomic mass is 16.2. The Morgan fingerprint density at radius 2 is 1.84 bits per heavy atom. The second-order valence-corrected chi connectivity index (χ2v) is 5.86. The van der Waals surface area contributed by atoms with Crippen molar-refractivity contribution in [1.29, 1.82) is 0 Å². The Morgan fingerprint density at radius 1 is 1.08 bits per heavy atom. The van der Waals surface area contributed by atoms with E-state index >= 15 is 0 Å². The van der Waals surface area contributed by atoms with Crippen LogP contribution in [0.3, 0.4) is 0 Å². The molecule has 1 aromatic carbocycles. The largest absolute Gasteiger partial charge is 0.326 e. The minimum Gasteiger partial charge on any atom is -0.326 e. The van der Waals surface area contributed by atoms with Crippen molar-refractivity contribution >= 4 is 23.7 Å². The van der Waals surface area contributed by atoms with Gasteiger partial charge in [-0.15, -0.1) is 0 Å². The standard InChI is InChI=1S/C19H22N4O2/c1-13-7-8-17(14(2)11-13)22-18(24)9-10-19(25)23-20-12-16-6-4-5-15(3)21-16/h4-8,11-12H,9-10H2,1-3H3,(H,22,24)(H,23,25)/b20-12-. The summed E-state index contributed by atoms with van der Waals surface area (Å²) in [5.41, 5.74) is 6.82. The molecule has 0 fully saturated rings. The number of anilines is 1. The molecule has 2 N–H and O–H groups in total. The lowest BCUT2D eigenvalue weighted by Crippen LogP contribution is -2.21. The van der Waals surface area contributed by atoms with Crippen LogP contribution >= 0.6 is 0 Å². The summed E-state index contributed by atoms with van der Waals surface area (Å²) >= 11 is 0. The summed E-state index contributed by atoms with van der Waals surface area (Å²) < 4.78 is 0. The molecule has 0 saturated carbocycles. The molecule has 1 aromatic heterocycles. The summed E-state index contributed by atoms with van der Waals surface area (Å²) in [5, 5.41) is 6.66. The first-order valence-corrected chi connectivity index (χ1v) is 8.07. The number of amides is 2. The van der Waals surface area contributed by atoms with E-state index < -0.39 is 0 Å². The molecule has 0 unspecified atom stereocenters. The summed E-state index contributed by atoms with van der Waals surface area (Å²) in [7, 11) is 0. The predicted octanol–water partition coefficient (Wildman–Crippen LogP) is 2.88. The molecule has 2 amide bonds. The average molecular weight is 338 g/mol. The maximum atomic E-state index is 11.9. The lowest BCUT2D eigenvalue weighted by atomic mass is 10.1. The number of aryl methyl sites for hydroxylation is 3. The Kier molecular flexibility index (Phi) is 6.39. The van der Waals surface area contributed by atoms with Crippen molar-refractivity contribution in [3.8, 4) is 0 Å². The van der Waals surface area contributed by atoms with Gasteiger partial charge < -0.3 is 5.32 Å². The molecule has 0 radical (unpaired) electrons. The van der Waals surface area contributed by atoms with Crippen LogP contribution in [-0.4, -0.2) is 23.0 Å². The molecular weight excluding hydrogens is 316 g/mol. The smallest absolute Gasteiger partial charge is 0.240 e. The summed E-state index contributed by atoms with van der Waals surface area (Å²) in [6.07, 6.45) is 1.63. The fourth-order valence-electron chi connectivity index (χ4n) is 2.26. The van der Waals surface area contributed by atoms with Crippen LogP contribution in [0.5, 0.6) is 0 Å². The SMILES string of the molecule is Cc1ccc(NC(=O)CCC(=O)N/N=C\c2cccc(C)n2)c(C)c1. The van der Waals surface area contributed by atoms with E-state index in [1.165, 1.54) is 6.21 Å². The van der Waals surface area contributed by atoms with Gasteiger partial charge in [-0.05, 0) is 44.5 Å². The number of carbonyl (C=O) groups excluding carboxylic acids is 2. The van der Waals surface area contributed by atoms with Gasteiger partial charge in [0, 0.05) is 24.2 Å². The molecule has 1 heterocycles. The number of aromatic nitrogens is 1. The van der Waals surface area contributed by atoms with Crippen molar-refractivity contribution in [2.24, 2.45) is 5.10 Å². The molecular formula is C19H22N4O2. The fourth-order valence-corrected chi connectivity index (χ4v) is 2.26. The van der Waals surface area contributed by atoms with Gasteiger partial charge in [-0.3, -0.25) is 14.6 Å². The van der Waals surface area contributed by atoms with E-state index in [-0.39, 0.29) is 24.7 Å². The van der Waals surface area contributed by atoms with Crippen molar-refractivity contribution in [3.63, 3.8) is 0 Å². The minimum atomic E-state index is -0.320. The van der Waals surface area contributed by atoms with E-state index in [1.807, 2.05) is 51.1 Å². The van der Waals surface area contributed by atoms with Crippen LogP contribution < -0.4 is 10.7 Å². The second-order valence-electron chi connectivity index (χ2n) is 5.86. The Labute approximate surface area is 147 Å². The number of benzene rings is 1. The molecule has 130 valence electrons. The van der Waals surface area contributed by atoms with Crippen LogP contribution in [0.25, 0.3) is 0 Å². The fraction of sp³-hybridized carbons (Fsp3) is 0.263. The van der Waals surface area contributed by atoms with E-state index in [0.29, 0.717) is 5.69 Å². The van der Waals surface area contributed by atoms with Crippen LogP contribution in [0.1, 0.15) is 35.4 Å². The van der Waals surface area contributed by atoms with Gasteiger partial charge in [-0.2, -0.15) is 5.10 Å². The molecule has 0 aliphatic rings. The van der Waals surface area contributed by atoms with Crippen molar-refractivity contribution in [3.05, 3.63) is 58.9 Å². The second kappa shape index (κ2) is 8.73. The first kappa shape index (κ1) is 18.3. The average Bonchev–Trinajstić information content (AvgIpc) is 2.56. The molecule has 6 heteroatoms. The van der Waals surface area contributed by atoms with Gasteiger partial charge in [0.2, 0.25) is 11.8 Å². The number of rotatable bonds is 6. The van der Waals surface area contributed by atoms with Crippen molar-refractivity contribution in [1.82, 2.24) is 10.4 Å². The zero-order chi connectivity index (χ0) is 18.2. The Morgan fingerprint density at radius 3 is 2.56 bits per heavy atom. The molecule has 0 aliphatic carbocycles. The number of hydrogen-bond donors (Lipinski definition) is 2. The van der Waals surface area contributed by atoms with Crippen molar-refractivity contribution < 1.29 is 9.59 Å². The molecule has 0 aliphatic heterocycles. The normalized spacial score (nSPS) is 10.7. The summed E-state index contributed by atoms with van der Waals surface area (Å²) in [4.78, 5) is 27.9. The maximum Gasteiger partial charge on any atom is 0.240 e. The third-order valence-corrected chi connectivity index (χ3v) is 3.53. The number of hydrogen-bond acceptors (Lipinski definition) is 4. The number of nitrogens with one attached hydrogen (secondary N) is 2. The van der Waals surface area contributed by atoms with E-state index in [4.69, 9.17) is 0 Å². The zero-order valence-corrected chi connectivity index (χ0v) is 14.7. The van der Waals surface area contributed by atoms with Gasteiger partial charge in [0.25, 0.3) is 0 Å². The third kappa shape index (κ3) is 6.18. The lowest BCUT2D eigenvalue weighted by Gasteiger charge is -2.08. The minimum absolute atomic E-state index is 0.0648.